The van der Waals surface area contributed by atoms with Gasteiger partial charge in [0, 0.05) is 32.1 Å². The van der Waals surface area contributed by atoms with Gasteiger partial charge in [-0.3, -0.25) is 9.59 Å². The summed E-state index contributed by atoms with van der Waals surface area (Å²) >= 11 is 0. The molecule has 1 fully saturated rings. The summed E-state index contributed by atoms with van der Waals surface area (Å²) in [5.41, 5.74) is 3.39. The third-order valence-electron chi connectivity index (χ3n) is 5.54. The van der Waals surface area contributed by atoms with Crippen molar-refractivity contribution in [3.8, 4) is 0 Å². The molecule has 0 aromatic heterocycles. The van der Waals surface area contributed by atoms with Crippen LogP contribution in [-0.2, 0) is 22.6 Å². The van der Waals surface area contributed by atoms with Gasteiger partial charge in [-0.1, -0.05) is 60.2 Å². The lowest BCUT2D eigenvalue weighted by Crippen LogP contribution is -2.44. The largest absolute Gasteiger partial charge is 0.342 e. The smallest absolute Gasteiger partial charge is 0.226 e. The second kappa shape index (κ2) is 9.54. The van der Waals surface area contributed by atoms with Gasteiger partial charge < -0.3 is 9.80 Å². The van der Waals surface area contributed by atoms with Crippen LogP contribution in [0.2, 0.25) is 0 Å². The molecule has 0 radical (unpaired) electrons. The highest BCUT2D eigenvalue weighted by Gasteiger charge is 2.29. The summed E-state index contributed by atoms with van der Waals surface area (Å²) in [6, 6.07) is 18.2. The van der Waals surface area contributed by atoms with Crippen molar-refractivity contribution < 1.29 is 9.59 Å². The molecule has 3 rings (SSSR count). The number of nitrogens with zero attached hydrogens (tertiary/aromatic N) is 2. The second-order valence-corrected chi connectivity index (χ2v) is 7.66. The van der Waals surface area contributed by atoms with Crippen LogP contribution in [0.5, 0.6) is 0 Å². The van der Waals surface area contributed by atoms with E-state index >= 15 is 0 Å². The summed E-state index contributed by atoms with van der Waals surface area (Å²) in [6.07, 6.45) is 1.95. The number of aryl methyl sites for hydroxylation is 1. The molecule has 0 unspecified atom stereocenters. The summed E-state index contributed by atoms with van der Waals surface area (Å²) in [7, 11) is 0. The number of likely N-dealkylation sites (tertiary alicyclic amines) is 1. The molecular formula is C24H30N2O2. The van der Waals surface area contributed by atoms with E-state index in [0.717, 1.165) is 24.0 Å². The molecule has 0 saturated carbocycles. The van der Waals surface area contributed by atoms with Crippen molar-refractivity contribution in [1.82, 2.24) is 9.80 Å². The SMILES string of the molecule is CCN(Cc1ccccc1)C(=O)C1CCN(C(=O)Cc2cccc(C)c2)CC1. The van der Waals surface area contributed by atoms with Gasteiger partial charge in [0.25, 0.3) is 0 Å². The third-order valence-corrected chi connectivity index (χ3v) is 5.54. The minimum absolute atomic E-state index is 0.0201. The van der Waals surface area contributed by atoms with Gasteiger partial charge in [0.05, 0.1) is 6.42 Å². The van der Waals surface area contributed by atoms with Gasteiger partial charge >= 0.3 is 0 Å². The fourth-order valence-corrected chi connectivity index (χ4v) is 3.89. The Labute approximate surface area is 168 Å². The van der Waals surface area contributed by atoms with Gasteiger partial charge in [0.1, 0.15) is 0 Å². The molecule has 1 aliphatic heterocycles. The zero-order chi connectivity index (χ0) is 19.9. The highest BCUT2D eigenvalue weighted by molar-refractivity contribution is 5.81. The molecule has 4 nitrogen and oxygen atoms in total. The lowest BCUT2D eigenvalue weighted by atomic mass is 9.94. The lowest BCUT2D eigenvalue weighted by molar-refractivity contribution is -0.140. The number of hydrogen-bond donors (Lipinski definition) is 0. The molecule has 1 saturated heterocycles. The summed E-state index contributed by atoms with van der Waals surface area (Å²) in [6.45, 7) is 6.78. The van der Waals surface area contributed by atoms with Crippen LogP contribution in [0.4, 0.5) is 0 Å². The van der Waals surface area contributed by atoms with Crippen molar-refractivity contribution in [2.75, 3.05) is 19.6 Å². The van der Waals surface area contributed by atoms with Gasteiger partial charge in [-0.25, -0.2) is 0 Å². The molecule has 28 heavy (non-hydrogen) atoms. The third kappa shape index (κ3) is 5.22. The Morgan fingerprint density at radius 1 is 1.00 bits per heavy atom. The summed E-state index contributed by atoms with van der Waals surface area (Å²) < 4.78 is 0. The van der Waals surface area contributed by atoms with Gasteiger partial charge in [0.2, 0.25) is 11.8 Å². The van der Waals surface area contributed by atoms with E-state index < -0.39 is 0 Å². The Morgan fingerprint density at radius 3 is 2.32 bits per heavy atom. The van der Waals surface area contributed by atoms with Crippen LogP contribution < -0.4 is 0 Å². The van der Waals surface area contributed by atoms with E-state index in [9.17, 15) is 9.59 Å². The first-order valence-electron chi connectivity index (χ1n) is 10.2. The minimum Gasteiger partial charge on any atom is -0.342 e. The topological polar surface area (TPSA) is 40.6 Å². The molecule has 0 aliphatic carbocycles. The quantitative estimate of drug-likeness (QED) is 0.767. The van der Waals surface area contributed by atoms with Crippen LogP contribution in [-0.4, -0.2) is 41.2 Å². The summed E-state index contributed by atoms with van der Waals surface area (Å²) in [5.74, 6) is 0.400. The van der Waals surface area contributed by atoms with E-state index in [1.54, 1.807) is 0 Å². The van der Waals surface area contributed by atoms with Gasteiger partial charge in [-0.05, 0) is 37.8 Å². The second-order valence-electron chi connectivity index (χ2n) is 7.66. The van der Waals surface area contributed by atoms with Gasteiger partial charge in [-0.2, -0.15) is 0 Å². The molecule has 0 spiro atoms. The van der Waals surface area contributed by atoms with E-state index in [1.165, 1.54) is 5.56 Å². The number of carbonyl (C=O) groups excluding carboxylic acids is 2. The van der Waals surface area contributed by atoms with Crippen molar-refractivity contribution in [2.24, 2.45) is 5.92 Å². The maximum Gasteiger partial charge on any atom is 0.226 e. The molecule has 1 heterocycles. The Kier molecular flexibility index (Phi) is 6.85. The van der Waals surface area contributed by atoms with Crippen LogP contribution in [0.3, 0.4) is 0 Å². The van der Waals surface area contributed by atoms with Crippen molar-refractivity contribution >= 4 is 11.8 Å². The van der Waals surface area contributed by atoms with E-state index in [0.29, 0.717) is 32.6 Å². The first-order valence-corrected chi connectivity index (χ1v) is 10.2. The van der Waals surface area contributed by atoms with Crippen molar-refractivity contribution in [3.63, 3.8) is 0 Å². The van der Waals surface area contributed by atoms with Crippen molar-refractivity contribution in [1.29, 1.82) is 0 Å². The number of carbonyl (C=O) groups is 2. The number of hydrogen-bond acceptors (Lipinski definition) is 2. The van der Waals surface area contributed by atoms with Crippen LogP contribution in [0.25, 0.3) is 0 Å². The van der Waals surface area contributed by atoms with Crippen LogP contribution >= 0.6 is 0 Å². The number of amides is 2. The van der Waals surface area contributed by atoms with E-state index in [4.69, 9.17) is 0 Å². The van der Waals surface area contributed by atoms with Crippen LogP contribution in [0.15, 0.2) is 54.6 Å². The van der Waals surface area contributed by atoms with Gasteiger partial charge in [0.15, 0.2) is 0 Å². The highest BCUT2D eigenvalue weighted by atomic mass is 16.2. The Bertz CT molecular complexity index is 795. The Morgan fingerprint density at radius 2 is 1.68 bits per heavy atom. The number of piperidine rings is 1. The average Bonchev–Trinajstić information content (AvgIpc) is 2.72. The highest BCUT2D eigenvalue weighted by Crippen LogP contribution is 2.21. The summed E-state index contributed by atoms with van der Waals surface area (Å²) in [5, 5.41) is 0. The zero-order valence-electron chi connectivity index (χ0n) is 16.9. The molecule has 0 bridgehead atoms. The minimum atomic E-state index is 0.0201. The predicted molar refractivity (Wildman–Crippen MR) is 112 cm³/mol. The van der Waals surface area contributed by atoms with Crippen LogP contribution in [0.1, 0.15) is 36.5 Å². The Balaban J connectivity index is 1.52. The van der Waals surface area contributed by atoms with E-state index in [2.05, 4.69) is 18.2 Å². The van der Waals surface area contributed by atoms with Gasteiger partial charge in [-0.15, -0.1) is 0 Å². The maximum atomic E-state index is 13.0. The number of rotatable bonds is 6. The molecule has 4 heteroatoms. The maximum absolute atomic E-state index is 13.0. The molecule has 2 aromatic rings. The van der Waals surface area contributed by atoms with Crippen molar-refractivity contribution in [3.05, 3.63) is 71.3 Å². The molecule has 148 valence electrons. The lowest BCUT2D eigenvalue weighted by Gasteiger charge is -2.34. The number of benzene rings is 2. The molecule has 2 aromatic carbocycles. The first kappa shape index (κ1) is 20.1. The summed E-state index contributed by atoms with van der Waals surface area (Å²) in [4.78, 5) is 29.4. The first-order chi connectivity index (χ1) is 13.6. The fraction of sp³-hybridized carbons (Fsp3) is 0.417. The predicted octanol–water partition coefficient (Wildman–Crippen LogP) is 3.82. The fourth-order valence-electron chi connectivity index (χ4n) is 3.89. The molecular weight excluding hydrogens is 348 g/mol. The molecule has 0 atom stereocenters. The normalized spacial score (nSPS) is 14.7. The van der Waals surface area contributed by atoms with E-state index in [-0.39, 0.29) is 17.7 Å². The molecule has 1 aliphatic rings. The average molecular weight is 379 g/mol. The van der Waals surface area contributed by atoms with E-state index in [1.807, 2.05) is 60.0 Å². The zero-order valence-corrected chi connectivity index (χ0v) is 16.9. The molecule has 0 N–H and O–H groups in total. The van der Waals surface area contributed by atoms with Crippen molar-refractivity contribution in [2.45, 2.75) is 39.7 Å². The Hall–Kier alpha value is -2.62. The molecule has 2 amide bonds. The van der Waals surface area contributed by atoms with Crippen LogP contribution in [0, 0.1) is 12.8 Å². The monoisotopic (exact) mass is 378 g/mol. The standard InChI is InChI=1S/C24H30N2O2/c1-3-25(18-20-9-5-4-6-10-20)24(28)22-12-14-26(15-13-22)23(27)17-21-11-7-8-19(2)16-21/h4-11,16,22H,3,12-15,17-18H2,1-2H3.